The van der Waals surface area contributed by atoms with E-state index in [4.69, 9.17) is 5.10 Å². The quantitative estimate of drug-likeness (QED) is 0.792. The molecular formula is C17H25N3. The molecule has 1 N–H and O–H groups in total. The van der Waals surface area contributed by atoms with Gasteiger partial charge in [0, 0.05) is 17.1 Å². The van der Waals surface area contributed by atoms with Crippen molar-refractivity contribution < 1.29 is 0 Å². The van der Waals surface area contributed by atoms with Crippen LogP contribution in [0, 0.1) is 48.5 Å². The molecule has 2 aromatic rings. The average molecular weight is 271 g/mol. The highest BCUT2D eigenvalue weighted by atomic mass is 15.4. The van der Waals surface area contributed by atoms with Crippen LogP contribution in [0.5, 0.6) is 0 Å². The van der Waals surface area contributed by atoms with Crippen LogP contribution >= 0.6 is 0 Å². The zero-order valence-electron chi connectivity index (χ0n) is 13.9. The van der Waals surface area contributed by atoms with Gasteiger partial charge in [0.15, 0.2) is 0 Å². The number of H-pyrrole nitrogens is 1. The molecule has 2 rings (SSSR count). The first-order chi connectivity index (χ1) is 9.25. The van der Waals surface area contributed by atoms with Crippen LogP contribution < -0.4 is 0 Å². The molecule has 0 atom stereocenters. The summed E-state index contributed by atoms with van der Waals surface area (Å²) in [6.45, 7) is 17.1. The predicted octanol–water partition coefficient (Wildman–Crippen LogP) is 4.25. The second-order valence-electron chi connectivity index (χ2n) is 5.79. The third-order valence-corrected chi connectivity index (χ3v) is 4.71. The van der Waals surface area contributed by atoms with Crippen LogP contribution in [-0.2, 0) is 0 Å². The lowest BCUT2D eigenvalue weighted by Gasteiger charge is -2.06. The Hall–Kier alpha value is -1.77. The molecule has 20 heavy (non-hydrogen) atoms. The van der Waals surface area contributed by atoms with Crippen molar-refractivity contribution in [3.8, 4) is 0 Å². The largest absolute Gasteiger partial charge is 0.357 e. The maximum absolute atomic E-state index is 4.83. The molecule has 0 aromatic carbocycles. The Balaban J connectivity index is 2.56. The Morgan fingerprint density at radius 3 is 1.70 bits per heavy atom. The Labute approximate surface area is 121 Å². The fraction of sp³-hybridized carbons (Fsp3) is 0.471. The standard InChI is InChI=1S/C17H25N3/c1-9-12(4)17(18-13(9)5)14(6)19-20-15(7)10(2)11(3)16(20)8/h18H,1-8H3/b19-14+. The number of rotatable bonds is 2. The molecule has 108 valence electrons. The molecule has 0 aliphatic heterocycles. The van der Waals surface area contributed by atoms with Gasteiger partial charge in [0.25, 0.3) is 0 Å². The molecule has 0 saturated heterocycles. The number of aromatic amines is 1. The van der Waals surface area contributed by atoms with Gasteiger partial charge in [-0.1, -0.05) is 0 Å². The second-order valence-corrected chi connectivity index (χ2v) is 5.79. The summed E-state index contributed by atoms with van der Waals surface area (Å²) in [6, 6.07) is 0. The molecule has 0 radical (unpaired) electrons. The highest BCUT2D eigenvalue weighted by molar-refractivity contribution is 5.98. The van der Waals surface area contributed by atoms with Gasteiger partial charge in [0.05, 0.1) is 11.4 Å². The summed E-state index contributed by atoms with van der Waals surface area (Å²) in [5, 5.41) is 4.83. The monoisotopic (exact) mass is 271 g/mol. The van der Waals surface area contributed by atoms with E-state index < -0.39 is 0 Å². The van der Waals surface area contributed by atoms with Crippen LogP contribution in [-0.4, -0.2) is 15.4 Å². The average Bonchev–Trinajstić information content (AvgIpc) is 2.77. The van der Waals surface area contributed by atoms with Crippen molar-refractivity contribution >= 4 is 5.71 Å². The lowest BCUT2D eigenvalue weighted by atomic mass is 10.1. The van der Waals surface area contributed by atoms with Gasteiger partial charge in [-0.25, -0.2) is 4.68 Å². The van der Waals surface area contributed by atoms with E-state index in [1.165, 1.54) is 39.3 Å². The smallest absolute Gasteiger partial charge is 0.0819 e. The lowest BCUT2D eigenvalue weighted by Crippen LogP contribution is -2.04. The Morgan fingerprint density at radius 2 is 1.30 bits per heavy atom. The molecular weight excluding hydrogens is 246 g/mol. The van der Waals surface area contributed by atoms with Crippen molar-refractivity contribution in [3.63, 3.8) is 0 Å². The van der Waals surface area contributed by atoms with E-state index in [0.29, 0.717) is 0 Å². The minimum atomic E-state index is 1.03. The van der Waals surface area contributed by atoms with Gasteiger partial charge in [-0.2, -0.15) is 5.10 Å². The molecule has 0 spiro atoms. The molecule has 2 aromatic heterocycles. The number of nitrogens with zero attached hydrogens (tertiary/aromatic N) is 2. The van der Waals surface area contributed by atoms with E-state index >= 15 is 0 Å². The summed E-state index contributed by atoms with van der Waals surface area (Å²) in [4.78, 5) is 3.45. The van der Waals surface area contributed by atoms with Crippen molar-refractivity contribution in [1.82, 2.24) is 9.66 Å². The van der Waals surface area contributed by atoms with Crippen LogP contribution in [0.25, 0.3) is 0 Å². The first-order valence-electron chi connectivity index (χ1n) is 7.12. The number of aromatic nitrogens is 2. The topological polar surface area (TPSA) is 33.1 Å². The van der Waals surface area contributed by atoms with Gasteiger partial charge in [-0.05, 0) is 77.6 Å². The SMILES string of the molecule is C/C(=N\n1c(C)c(C)c(C)c1C)c1[nH]c(C)c(C)c1C. The molecule has 0 aliphatic rings. The van der Waals surface area contributed by atoms with Crippen molar-refractivity contribution in [1.29, 1.82) is 0 Å². The van der Waals surface area contributed by atoms with Gasteiger partial charge in [0.1, 0.15) is 0 Å². The van der Waals surface area contributed by atoms with Crippen LogP contribution in [0.4, 0.5) is 0 Å². The minimum absolute atomic E-state index is 1.03. The number of hydrogen-bond donors (Lipinski definition) is 1. The fourth-order valence-electron chi connectivity index (χ4n) is 2.67. The van der Waals surface area contributed by atoms with E-state index in [0.717, 1.165) is 11.4 Å². The van der Waals surface area contributed by atoms with Crippen molar-refractivity contribution in [2.45, 2.75) is 55.4 Å². The van der Waals surface area contributed by atoms with E-state index in [2.05, 4.69) is 65.0 Å². The number of aryl methyl sites for hydroxylation is 1. The number of nitrogens with one attached hydrogen (secondary N) is 1. The Morgan fingerprint density at radius 1 is 0.800 bits per heavy atom. The summed E-state index contributed by atoms with van der Waals surface area (Å²) in [7, 11) is 0. The molecule has 2 heterocycles. The van der Waals surface area contributed by atoms with Crippen LogP contribution in [0.2, 0.25) is 0 Å². The van der Waals surface area contributed by atoms with Crippen molar-refractivity contribution in [3.05, 3.63) is 45.0 Å². The number of hydrogen-bond acceptors (Lipinski definition) is 1. The summed E-state index contributed by atoms with van der Waals surface area (Å²) < 4.78 is 2.06. The first kappa shape index (κ1) is 14.6. The highest BCUT2D eigenvalue weighted by Gasteiger charge is 2.13. The van der Waals surface area contributed by atoms with E-state index in [9.17, 15) is 0 Å². The maximum atomic E-state index is 4.83. The zero-order chi connectivity index (χ0) is 15.2. The van der Waals surface area contributed by atoms with Crippen LogP contribution in [0.15, 0.2) is 5.10 Å². The molecule has 3 heteroatoms. The summed E-state index contributed by atoms with van der Waals surface area (Å²) in [5.74, 6) is 0. The summed E-state index contributed by atoms with van der Waals surface area (Å²) in [6.07, 6.45) is 0. The van der Waals surface area contributed by atoms with Crippen molar-refractivity contribution in [2.24, 2.45) is 5.10 Å². The van der Waals surface area contributed by atoms with Gasteiger partial charge in [-0.3, -0.25) is 0 Å². The van der Waals surface area contributed by atoms with Gasteiger partial charge >= 0.3 is 0 Å². The van der Waals surface area contributed by atoms with E-state index in [1.807, 2.05) is 0 Å². The minimum Gasteiger partial charge on any atom is -0.357 e. The normalized spacial score (nSPS) is 12.3. The summed E-state index contributed by atoms with van der Waals surface area (Å²) >= 11 is 0. The first-order valence-corrected chi connectivity index (χ1v) is 7.12. The second kappa shape index (κ2) is 4.97. The predicted molar refractivity (Wildman–Crippen MR) is 86.0 cm³/mol. The maximum Gasteiger partial charge on any atom is 0.0819 e. The molecule has 0 bridgehead atoms. The lowest BCUT2D eigenvalue weighted by molar-refractivity contribution is 0.806. The van der Waals surface area contributed by atoms with Crippen LogP contribution in [0.1, 0.15) is 52.0 Å². The molecule has 0 saturated carbocycles. The highest BCUT2D eigenvalue weighted by Crippen LogP contribution is 2.22. The third-order valence-electron chi connectivity index (χ3n) is 4.71. The Kier molecular flexibility index (Phi) is 3.63. The molecule has 0 aliphatic carbocycles. The zero-order valence-corrected chi connectivity index (χ0v) is 13.9. The molecule has 0 amide bonds. The van der Waals surface area contributed by atoms with Crippen LogP contribution in [0.3, 0.4) is 0 Å². The van der Waals surface area contributed by atoms with E-state index in [1.54, 1.807) is 0 Å². The molecule has 0 unspecified atom stereocenters. The van der Waals surface area contributed by atoms with E-state index in [-0.39, 0.29) is 0 Å². The fourth-order valence-corrected chi connectivity index (χ4v) is 2.67. The Bertz CT molecular complexity index is 671. The summed E-state index contributed by atoms with van der Waals surface area (Å²) in [5.41, 5.74) is 11.1. The van der Waals surface area contributed by atoms with Gasteiger partial charge in [0.2, 0.25) is 0 Å². The van der Waals surface area contributed by atoms with Gasteiger partial charge < -0.3 is 4.98 Å². The van der Waals surface area contributed by atoms with Gasteiger partial charge in [-0.15, -0.1) is 0 Å². The van der Waals surface area contributed by atoms with Crippen molar-refractivity contribution in [2.75, 3.05) is 0 Å². The third kappa shape index (κ3) is 2.11. The molecule has 3 nitrogen and oxygen atoms in total. The molecule has 0 fully saturated rings.